The van der Waals surface area contributed by atoms with E-state index in [1.165, 1.54) is 0 Å². The first-order valence-corrected chi connectivity index (χ1v) is 27.2. The Morgan fingerprint density at radius 1 is 0.632 bits per heavy atom. The molecular formula is C51H84O25. The molecule has 9 rings (SSSR count). The van der Waals surface area contributed by atoms with Gasteiger partial charge < -0.3 is 124 Å². The summed E-state index contributed by atoms with van der Waals surface area (Å²) in [5.41, 5.74) is 0.465. The molecule has 4 aliphatic carbocycles. The normalized spacial score (nSPS) is 54.8. The minimum absolute atomic E-state index is 0.0794. The minimum Gasteiger partial charge on any atom is -0.394 e. The Kier molecular flexibility index (Phi) is 18.1. The van der Waals surface area contributed by atoms with Crippen molar-refractivity contribution in [3.05, 3.63) is 11.6 Å². The maximum Gasteiger partial charge on any atom is 0.187 e. The number of aliphatic hydroxyl groups excluding tert-OH is 15. The molecule has 32 atom stereocenters. The first-order valence-electron chi connectivity index (χ1n) is 27.2. The number of ether oxygens (including phenoxy) is 9. The van der Waals surface area contributed by atoms with Crippen LogP contribution in [0.5, 0.6) is 0 Å². The van der Waals surface area contributed by atoms with Gasteiger partial charge >= 0.3 is 0 Å². The molecule has 8 fully saturated rings. The van der Waals surface area contributed by atoms with E-state index in [1.54, 1.807) is 0 Å². The molecular weight excluding hydrogens is 1010 g/mol. The van der Waals surface area contributed by atoms with Crippen LogP contribution in [-0.2, 0) is 42.6 Å². The molecule has 5 heterocycles. The van der Waals surface area contributed by atoms with E-state index in [4.69, 9.17) is 42.6 Å². The van der Waals surface area contributed by atoms with Crippen LogP contribution >= 0.6 is 0 Å². The van der Waals surface area contributed by atoms with Crippen molar-refractivity contribution in [3.8, 4) is 0 Å². The number of allylic oxidation sites excluding steroid dienone is 1. The molecule has 25 nitrogen and oxygen atoms in total. The molecule has 25 heteroatoms. The first-order chi connectivity index (χ1) is 35.9. The number of hydrogen-bond donors (Lipinski definition) is 16. The molecule has 5 saturated heterocycles. The van der Waals surface area contributed by atoms with Crippen molar-refractivity contribution >= 4 is 0 Å². The smallest absolute Gasteiger partial charge is 0.187 e. The average Bonchev–Trinajstić information content (AvgIpc) is 3.90. The topological polar surface area (TPSA) is 407 Å². The molecule has 438 valence electrons. The summed E-state index contributed by atoms with van der Waals surface area (Å²) in [7, 11) is 0. The summed E-state index contributed by atoms with van der Waals surface area (Å²) in [6.07, 6.45) is -28.5. The van der Waals surface area contributed by atoms with Crippen LogP contribution in [0.4, 0.5) is 0 Å². The van der Waals surface area contributed by atoms with Gasteiger partial charge in [-0.2, -0.15) is 0 Å². The van der Waals surface area contributed by atoms with Gasteiger partial charge in [0.2, 0.25) is 0 Å². The van der Waals surface area contributed by atoms with E-state index in [2.05, 4.69) is 26.8 Å². The van der Waals surface area contributed by atoms with Crippen LogP contribution in [0, 0.1) is 46.3 Å². The molecule has 76 heavy (non-hydrogen) atoms. The Bertz CT molecular complexity index is 1970. The second-order valence-electron chi connectivity index (χ2n) is 24.0. The lowest BCUT2D eigenvalue weighted by Gasteiger charge is -2.59. The Morgan fingerprint density at radius 3 is 1.70 bits per heavy atom. The quantitative estimate of drug-likeness (QED) is 0.0643. The van der Waals surface area contributed by atoms with Gasteiger partial charge in [0.15, 0.2) is 30.9 Å². The van der Waals surface area contributed by atoms with Crippen LogP contribution in [0.2, 0.25) is 0 Å². The molecule has 0 aromatic heterocycles. The number of fused-ring (bicyclic) bond motifs is 7. The van der Waals surface area contributed by atoms with Crippen LogP contribution < -0.4 is 0 Å². The van der Waals surface area contributed by atoms with Crippen molar-refractivity contribution in [1.29, 1.82) is 0 Å². The summed E-state index contributed by atoms with van der Waals surface area (Å²) >= 11 is 0. The van der Waals surface area contributed by atoms with E-state index >= 15 is 0 Å². The highest BCUT2D eigenvalue weighted by molar-refractivity contribution is 5.27. The van der Waals surface area contributed by atoms with Crippen LogP contribution in [0.25, 0.3) is 0 Å². The maximum atomic E-state index is 12.1. The van der Waals surface area contributed by atoms with Crippen molar-refractivity contribution in [2.24, 2.45) is 46.3 Å². The molecule has 0 aromatic rings. The molecule has 0 radical (unpaired) electrons. The summed E-state index contributed by atoms with van der Waals surface area (Å²) in [4.78, 5) is 0. The number of hydrogen-bond acceptors (Lipinski definition) is 25. The van der Waals surface area contributed by atoms with Crippen molar-refractivity contribution in [2.75, 3.05) is 33.0 Å². The zero-order valence-corrected chi connectivity index (χ0v) is 43.3. The Hall–Kier alpha value is -1.26. The van der Waals surface area contributed by atoms with Crippen LogP contribution in [0.15, 0.2) is 11.6 Å². The lowest BCUT2D eigenvalue weighted by atomic mass is 9.46. The zero-order chi connectivity index (χ0) is 55.1. The molecule has 0 unspecified atom stereocenters. The van der Waals surface area contributed by atoms with Crippen LogP contribution in [0.1, 0.15) is 79.1 Å². The van der Waals surface area contributed by atoms with E-state index in [0.29, 0.717) is 19.3 Å². The summed E-state index contributed by atoms with van der Waals surface area (Å²) in [5.74, 6) is -0.922. The van der Waals surface area contributed by atoms with Gasteiger partial charge in [-0.15, -0.1) is 0 Å². The van der Waals surface area contributed by atoms with Gasteiger partial charge in [0.05, 0.1) is 51.3 Å². The molecule has 0 bridgehead atoms. The molecule has 0 amide bonds. The summed E-state index contributed by atoms with van der Waals surface area (Å²) in [6.45, 7) is 5.63. The fourth-order valence-electron chi connectivity index (χ4n) is 15.1. The highest BCUT2D eigenvalue weighted by Crippen LogP contribution is 2.70. The van der Waals surface area contributed by atoms with Crippen molar-refractivity contribution < 1.29 is 124 Å². The van der Waals surface area contributed by atoms with E-state index in [0.717, 1.165) is 31.3 Å². The van der Waals surface area contributed by atoms with Gasteiger partial charge in [0, 0.05) is 12.3 Å². The minimum atomic E-state index is -1.96. The van der Waals surface area contributed by atoms with E-state index in [9.17, 15) is 81.7 Å². The Labute approximate surface area is 440 Å². The maximum absolute atomic E-state index is 12.1. The fraction of sp³-hybridized carbons (Fsp3) is 0.961. The third-order valence-corrected chi connectivity index (χ3v) is 19.6. The lowest BCUT2D eigenvalue weighted by Crippen LogP contribution is -2.67. The second kappa shape index (κ2) is 23.2. The number of aliphatic hydroxyl groups is 16. The monoisotopic (exact) mass is 1100 g/mol. The highest BCUT2D eigenvalue weighted by Gasteiger charge is 2.68. The van der Waals surface area contributed by atoms with Crippen LogP contribution in [-0.4, -0.2) is 262 Å². The predicted molar refractivity (Wildman–Crippen MR) is 253 cm³/mol. The van der Waals surface area contributed by atoms with Gasteiger partial charge in [-0.3, -0.25) is 0 Å². The largest absolute Gasteiger partial charge is 0.394 e. The van der Waals surface area contributed by atoms with Gasteiger partial charge in [-0.05, 0) is 85.4 Å². The van der Waals surface area contributed by atoms with Crippen molar-refractivity contribution in [1.82, 2.24) is 0 Å². The summed E-state index contributed by atoms with van der Waals surface area (Å²) in [6, 6.07) is 0. The molecule has 3 saturated carbocycles. The second-order valence-corrected chi connectivity index (χ2v) is 24.0. The number of rotatable bonds is 16. The van der Waals surface area contributed by atoms with Gasteiger partial charge in [0.25, 0.3) is 0 Å². The van der Waals surface area contributed by atoms with Crippen molar-refractivity contribution in [2.45, 2.75) is 226 Å². The molecule has 0 spiro atoms. The standard InChI is InChI=1S/C51H84O25/c1-19(18-68-45-41(65)37(61)33(57)28(14-52)70-45)7-10-51(67)20(2)32-27(76-51)12-24-22-6-5-21-11-26(25(56)13-50(21,4)23(22)8-9-49(24,32)3)69-47-43(39(63)35(59)30(16-54)72-47)75-48-44(40(64)36(60)31(17-55)73-48)74-46-42(66)38(62)34(58)29(15-53)71-46/h5,19-20,22-48,52-67H,6-18H2,1-4H3/t19-,20-,22+,23-,24-,25+,26+,27-,28+,29+,30+,31+,32-,33+,34+,35+,36+,37-,38-,39-,40-,41+,42+,43+,44+,45+,46-,47+,48-,49-,50-,51+/m0/s1. The van der Waals surface area contributed by atoms with Gasteiger partial charge in [-0.1, -0.05) is 39.3 Å². The summed E-state index contributed by atoms with van der Waals surface area (Å²) < 4.78 is 53.7. The Balaban J connectivity index is 0.857. The summed E-state index contributed by atoms with van der Waals surface area (Å²) in [5, 5.41) is 171. The third-order valence-electron chi connectivity index (χ3n) is 19.6. The van der Waals surface area contributed by atoms with Crippen LogP contribution in [0.3, 0.4) is 0 Å². The van der Waals surface area contributed by atoms with E-state index in [1.807, 2.05) is 6.92 Å². The highest BCUT2D eigenvalue weighted by atomic mass is 16.8. The van der Waals surface area contributed by atoms with Gasteiger partial charge in [-0.25, -0.2) is 0 Å². The molecule has 16 N–H and O–H groups in total. The molecule has 0 aromatic carbocycles. The SMILES string of the molecule is C[C@@H](CC[C@@]1(O)O[C@H]2C[C@H]3[C@@H]4CC=C5C[C@@H](O[C@@H]6O[C@H](CO)[C@@H](O)[C@H](O)[C@H]6O[C@@H]6O[C@H](CO)[C@@H](O)[C@H](O)[C@H]6O[C@@H]6O[C@H](CO)[C@@H](O)[C@H](O)[C@H]6O)[C@H](O)C[C@]5(C)[C@H]4CC[C@]3(C)[C@H]2[C@@H]1C)CO[C@@H]1O[C@H](CO)[C@@H](O)[C@H](O)[C@H]1O. The van der Waals surface area contributed by atoms with E-state index in [-0.39, 0.29) is 60.1 Å². The molecule has 9 aliphatic rings. The first kappa shape index (κ1) is 59.4. The predicted octanol–water partition coefficient (Wildman–Crippen LogP) is -5.06. The average molecular weight is 1100 g/mol. The fourth-order valence-corrected chi connectivity index (χ4v) is 15.1. The lowest BCUT2D eigenvalue weighted by molar-refractivity contribution is -0.397. The third kappa shape index (κ3) is 10.5. The van der Waals surface area contributed by atoms with Gasteiger partial charge in [0.1, 0.15) is 97.7 Å². The zero-order valence-electron chi connectivity index (χ0n) is 43.3. The van der Waals surface area contributed by atoms with E-state index < -0.39 is 173 Å². The van der Waals surface area contributed by atoms with Crippen molar-refractivity contribution in [3.63, 3.8) is 0 Å². The molecule has 5 aliphatic heterocycles. The Morgan fingerprint density at radius 2 is 1.13 bits per heavy atom.